The summed E-state index contributed by atoms with van der Waals surface area (Å²) in [5.74, 6) is 0. The van der Waals surface area contributed by atoms with E-state index in [4.69, 9.17) is 0 Å². The van der Waals surface area contributed by atoms with Gasteiger partial charge in [0.25, 0.3) is 0 Å². The Kier molecular flexibility index (Phi) is 20.5. The summed E-state index contributed by atoms with van der Waals surface area (Å²) < 4.78 is 9.31. The predicted octanol–water partition coefficient (Wildman–Crippen LogP) is -4.18. The number of rotatable bonds is 0. The van der Waals surface area contributed by atoms with E-state index in [1.807, 2.05) is 0 Å². The fraction of sp³-hybridized carbons (Fsp3) is 0. The molecule has 0 bridgehead atoms. The zero-order chi connectivity index (χ0) is 2.71. The van der Waals surface area contributed by atoms with Gasteiger partial charge < -0.3 is 12.4 Å². The predicted molar refractivity (Wildman–Crippen MR) is 8.37 cm³/mol. The molecule has 0 aliphatic rings. The van der Waals surface area contributed by atoms with Crippen molar-refractivity contribution in [3.8, 4) is 0 Å². The van der Waals surface area contributed by atoms with Gasteiger partial charge in [0.15, 0.2) is 0 Å². The van der Waals surface area contributed by atoms with Crippen LogP contribution >= 0.6 is 0 Å². The summed E-state index contributed by atoms with van der Waals surface area (Å²) in [7, 11) is 0. The second-order valence-electron chi connectivity index (χ2n) is 0.126. The van der Waals surface area contributed by atoms with E-state index >= 15 is 0 Å². The van der Waals surface area contributed by atoms with Gasteiger partial charge in [0.05, 0.1) is 0 Å². The van der Waals surface area contributed by atoms with Crippen LogP contribution < -0.4 is 21.9 Å². The number of nitrogens with two attached hydrogens (primary N) is 2. The van der Waals surface area contributed by atoms with Crippen LogP contribution in [-0.4, -0.2) is 0 Å². The van der Waals surface area contributed by atoms with Crippen LogP contribution in [0.4, 0.5) is 0 Å². The first-order chi connectivity index (χ1) is 1.41. The molecular weight excluding hydrogens is 118 g/mol. The first kappa shape index (κ1) is 8.83. The summed E-state index contributed by atoms with van der Waals surface area (Å²) in [6.45, 7) is 0. The molecule has 0 aromatic heterocycles. The molecule has 0 amide bonds. The van der Waals surface area contributed by atoms with Gasteiger partial charge in [-0.05, 0) is 0 Å². The van der Waals surface area contributed by atoms with Gasteiger partial charge in [-0.3, -0.25) is 0 Å². The van der Waals surface area contributed by atoms with E-state index in [1.165, 1.54) is 0 Å². The van der Waals surface area contributed by atoms with Gasteiger partial charge in [0.2, 0.25) is 0 Å². The Balaban J connectivity index is 0. The maximum absolute atomic E-state index is 4.66. The fourth-order valence-electron chi connectivity index (χ4n) is 0. The first-order valence-corrected chi connectivity index (χ1v) is 1.80. The Labute approximate surface area is 37.9 Å². The average Bonchev–Trinajstić information content (AvgIpc) is 0.918. The molecule has 28 valence electrons. The molecule has 2 nitrogen and oxygen atoms in total. The van der Waals surface area contributed by atoms with E-state index in [2.05, 4.69) is 9.50 Å². The molecule has 0 aliphatic carbocycles. The first-order valence-electron chi connectivity index (χ1n) is 0.436. The molecule has 0 atom stereocenters. The van der Waals surface area contributed by atoms with Crippen LogP contribution in [0.2, 0.25) is 0 Å². The van der Waals surface area contributed by atoms with E-state index in [-0.39, 0.29) is 27.8 Å². The van der Waals surface area contributed by atoms with Crippen LogP contribution in [0.25, 0.3) is 0 Å². The van der Waals surface area contributed by atoms with Crippen molar-refractivity contribution in [2.75, 3.05) is 0 Å². The van der Waals surface area contributed by atoms with Crippen LogP contribution in [0.5, 0.6) is 0 Å². The molecule has 0 saturated heterocycles. The Hall–Kier alpha value is 0.729. The van der Waals surface area contributed by atoms with Crippen molar-refractivity contribution >= 4 is 0 Å². The van der Waals surface area contributed by atoms with Crippen LogP contribution in [0.3, 0.4) is 0 Å². The molecule has 4 N–H and O–H groups in total. The molecule has 4 heteroatoms. The van der Waals surface area contributed by atoms with Crippen molar-refractivity contribution < 1.29 is 27.8 Å². The fourth-order valence-corrected chi connectivity index (χ4v) is 0. The third-order valence-corrected chi connectivity index (χ3v) is 0. The van der Waals surface area contributed by atoms with Gasteiger partial charge in [0.1, 0.15) is 0 Å². The van der Waals surface area contributed by atoms with E-state index in [9.17, 15) is 0 Å². The molecule has 0 unspecified atom stereocenters. The minimum absolute atomic E-state index is 0. The zero-order valence-electron chi connectivity index (χ0n) is 1.91. The van der Waals surface area contributed by atoms with Crippen molar-refractivity contribution in [1.82, 2.24) is 0 Å². The Bertz CT molecular complexity index is 6.00. The zero-order valence-corrected chi connectivity index (χ0v) is 3.85. The molecule has 0 heterocycles. The Morgan fingerprint density at radius 2 is 1.25 bits per heavy atom. The van der Waals surface area contributed by atoms with Gasteiger partial charge in [-0.15, -0.1) is 0 Å². The van der Waals surface area contributed by atoms with Crippen LogP contribution in [-0.2, 0) is 15.4 Å². The third-order valence-electron chi connectivity index (χ3n) is 0. The average molecular weight is 122 g/mol. The monoisotopic (exact) mass is 122 g/mol. The topological polar surface area (TPSA) is 52.0 Å². The molecule has 0 spiro atoms. The van der Waals surface area contributed by atoms with Gasteiger partial charge in [-0.25, -0.2) is 0 Å². The van der Waals surface area contributed by atoms with Crippen LogP contribution in [0.15, 0.2) is 0 Å². The molecule has 4 heavy (non-hydrogen) atoms. The minimum atomic E-state index is 0. The second kappa shape index (κ2) is 9.29. The van der Waals surface area contributed by atoms with E-state index < -0.39 is 0 Å². The van der Waals surface area contributed by atoms with Crippen molar-refractivity contribution in [2.24, 2.45) is 9.50 Å². The summed E-state index contributed by atoms with van der Waals surface area (Å²) in [6, 6.07) is 0. The van der Waals surface area contributed by atoms with E-state index in [0.29, 0.717) is 0 Å². The van der Waals surface area contributed by atoms with E-state index in [1.54, 1.807) is 0 Å². The molecule has 0 aromatic carbocycles. The maximum atomic E-state index is 4.66. The molecule has 0 aliphatic heterocycles. The summed E-state index contributed by atoms with van der Waals surface area (Å²) >= 11 is 0.0625. The van der Waals surface area contributed by atoms with Gasteiger partial charge in [0, 0.05) is 0 Å². The standard InChI is InChI=1S/ClH.Mn.2H2N/h1H;;2*1H2/q;+3;2*-1/p-1. The van der Waals surface area contributed by atoms with Gasteiger partial charge >= 0.3 is 24.9 Å². The summed E-state index contributed by atoms with van der Waals surface area (Å²) in [6.07, 6.45) is 0. The van der Waals surface area contributed by atoms with Crippen LogP contribution in [0, 0.1) is 0 Å². The molecule has 0 aromatic rings. The third kappa shape index (κ3) is 15.3. The second-order valence-corrected chi connectivity index (χ2v) is 0.519. The summed E-state index contributed by atoms with van der Waals surface area (Å²) in [5, 5.41) is 0. The Morgan fingerprint density at radius 1 is 1.25 bits per heavy atom. The summed E-state index contributed by atoms with van der Waals surface area (Å²) in [4.78, 5) is 0. The molecule has 0 radical (unpaired) electrons. The Morgan fingerprint density at radius 3 is 1.25 bits per heavy atom. The van der Waals surface area contributed by atoms with Crippen LogP contribution in [0.1, 0.15) is 0 Å². The number of hydrogen-bond acceptors (Lipinski definition) is 2. The number of halogens is 1. The number of hydrogen-bond donors (Lipinski definition) is 2. The van der Waals surface area contributed by atoms with Crippen molar-refractivity contribution in [1.29, 1.82) is 0 Å². The molecule has 0 saturated carbocycles. The SMILES string of the molecule is [Cl-].[NH2][Mn+][NH2]. The van der Waals surface area contributed by atoms with Crippen molar-refractivity contribution in [3.05, 3.63) is 0 Å². The molecular formula is H4ClMnN2. The normalized spacial score (nSPS) is 4.50. The van der Waals surface area contributed by atoms with Crippen molar-refractivity contribution in [3.63, 3.8) is 0 Å². The van der Waals surface area contributed by atoms with E-state index in [0.717, 1.165) is 0 Å². The molecule has 0 rings (SSSR count). The van der Waals surface area contributed by atoms with Crippen molar-refractivity contribution in [2.45, 2.75) is 0 Å². The quantitative estimate of drug-likeness (QED) is 0.320. The molecule has 0 fully saturated rings. The van der Waals surface area contributed by atoms with Gasteiger partial charge in [-0.2, -0.15) is 0 Å². The summed E-state index contributed by atoms with van der Waals surface area (Å²) in [5.41, 5.74) is 0. The van der Waals surface area contributed by atoms with Gasteiger partial charge in [-0.1, -0.05) is 0 Å².